The summed E-state index contributed by atoms with van der Waals surface area (Å²) in [6.45, 7) is 2.59. The Labute approximate surface area is 241 Å². The minimum atomic E-state index is -1.69. The topological polar surface area (TPSA) is 214 Å². The average molecular weight is 599 g/mol. The van der Waals surface area contributed by atoms with E-state index in [2.05, 4.69) is 6.92 Å². The van der Waals surface area contributed by atoms with E-state index in [1.54, 1.807) is 0 Å². The van der Waals surface area contributed by atoms with Gasteiger partial charge in [-0.3, -0.25) is 4.79 Å². The lowest BCUT2D eigenvalue weighted by molar-refractivity contribution is -0.332. The van der Waals surface area contributed by atoms with Gasteiger partial charge >= 0.3 is 5.97 Å². The molecule has 0 aromatic heterocycles. The van der Waals surface area contributed by atoms with Gasteiger partial charge in [-0.1, -0.05) is 51.9 Å². The summed E-state index contributed by atoms with van der Waals surface area (Å²) in [7, 11) is 0. The number of hydrogen-bond acceptors (Lipinski definition) is 14. The van der Waals surface area contributed by atoms with Crippen molar-refractivity contribution in [1.82, 2.24) is 0 Å². The molecule has 0 aromatic carbocycles. The second kappa shape index (κ2) is 19.3. The lowest BCUT2D eigenvalue weighted by Crippen LogP contribution is -2.61. The third kappa shape index (κ3) is 11.9. The summed E-state index contributed by atoms with van der Waals surface area (Å²) in [5, 5.41) is 70.4. The maximum absolute atomic E-state index is 11.6. The van der Waals surface area contributed by atoms with Gasteiger partial charge in [-0.15, -0.1) is 0 Å². The summed E-state index contributed by atoms with van der Waals surface area (Å²) in [5.41, 5.74) is 0. The van der Waals surface area contributed by atoms with Crippen LogP contribution in [0.25, 0.3) is 0 Å². The molecule has 2 aliphatic heterocycles. The largest absolute Gasteiger partial charge is 0.458 e. The van der Waals surface area contributed by atoms with Crippen LogP contribution < -0.4 is 0 Å². The zero-order chi connectivity index (χ0) is 30.4. The van der Waals surface area contributed by atoms with Gasteiger partial charge in [-0.25, -0.2) is 0 Å². The van der Waals surface area contributed by atoms with Gasteiger partial charge in [0, 0.05) is 13.5 Å². The van der Waals surface area contributed by atoms with Crippen LogP contribution >= 0.6 is 0 Å². The van der Waals surface area contributed by atoms with Crippen LogP contribution in [0.1, 0.15) is 65.2 Å². The Balaban J connectivity index is 1.81. The fraction of sp³-hybridized carbons (Fsp3) is 0.963. The van der Waals surface area contributed by atoms with Crippen LogP contribution in [0, 0.1) is 0 Å². The number of hydrogen-bond donors (Lipinski definition) is 7. The first-order chi connectivity index (χ1) is 19.6. The van der Waals surface area contributed by atoms with Crippen LogP contribution in [0.15, 0.2) is 0 Å². The first-order valence-electron chi connectivity index (χ1n) is 14.6. The number of carbonyl (C=O) groups is 1. The number of unbranched alkanes of at least 4 members (excludes halogenated alkanes) is 7. The second-order valence-corrected chi connectivity index (χ2v) is 10.7. The highest BCUT2D eigenvalue weighted by molar-refractivity contribution is 5.66. The standard InChI is InChI=1S/C27H50O14/c1-3-4-5-6-7-8-9-10-11-36-13-17(39-16(2)29)14-37-26-25(35)23(33)21(31)19(41-26)15-38-27-24(34)22(32)20(30)18(12-28)40-27/h17-28,30-35H,3-15H2,1-2H3. The van der Waals surface area contributed by atoms with E-state index in [4.69, 9.17) is 28.4 Å². The number of aliphatic hydroxyl groups excluding tert-OH is 7. The van der Waals surface area contributed by atoms with Crippen molar-refractivity contribution in [3.05, 3.63) is 0 Å². The monoisotopic (exact) mass is 598 g/mol. The molecule has 0 bridgehead atoms. The maximum atomic E-state index is 11.6. The van der Waals surface area contributed by atoms with E-state index < -0.39 is 86.7 Å². The van der Waals surface area contributed by atoms with Gasteiger partial charge in [0.05, 0.1) is 26.4 Å². The van der Waals surface area contributed by atoms with Gasteiger partial charge in [-0.05, 0) is 6.42 Å². The summed E-state index contributed by atoms with van der Waals surface area (Å²) in [6, 6.07) is 0. The highest BCUT2D eigenvalue weighted by Crippen LogP contribution is 2.26. The van der Waals surface area contributed by atoms with E-state index in [1.165, 1.54) is 39.0 Å². The lowest BCUT2D eigenvalue weighted by atomic mass is 9.98. The fourth-order valence-electron chi connectivity index (χ4n) is 4.69. The molecule has 2 heterocycles. The minimum Gasteiger partial charge on any atom is -0.458 e. The van der Waals surface area contributed by atoms with Crippen LogP contribution in [0.4, 0.5) is 0 Å². The normalized spacial score (nSPS) is 34.9. The molecule has 2 saturated heterocycles. The Bertz CT molecular complexity index is 712. The van der Waals surface area contributed by atoms with Gasteiger partial charge < -0.3 is 64.2 Å². The van der Waals surface area contributed by atoms with Gasteiger partial charge in [0.2, 0.25) is 0 Å². The zero-order valence-corrected chi connectivity index (χ0v) is 24.0. The molecule has 0 amide bonds. The van der Waals surface area contributed by atoms with E-state index in [0.717, 1.165) is 19.3 Å². The van der Waals surface area contributed by atoms with E-state index >= 15 is 0 Å². The van der Waals surface area contributed by atoms with Crippen molar-refractivity contribution >= 4 is 5.97 Å². The van der Waals surface area contributed by atoms with Gasteiger partial charge in [0.15, 0.2) is 12.6 Å². The molecule has 0 aromatic rings. The minimum absolute atomic E-state index is 0.0493. The van der Waals surface area contributed by atoms with Crippen LogP contribution in [0.5, 0.6) is 0 Å². The number of aliphatic hydroxyl groups is 7. The van der Waals surface area contributed by atoms with E-state index in [9.17, 15) is 40.5 Å². The van der Waals surface area contributed by atoms with Crippen LogP contribution in [-0.2, 0) is 33.2 Å². The Hall–Kier alpha value is -1.01. The van der Waals surface area contributed by atoms with E-state index in [1.807, 2.05) is 0 Å². The summed E-state index contributed by atoms with van der Waals surface area (Å²) in [6.07, 6.45) is -6.86. The molecular formula is C27H50O14. The molecule has 2 fully saturated rings. The molecular weight excluding hydrogens is 548 g/mol. The molecule has 0 saturated carbocycles. The van der Waals surface area contributed by atoms with Crippen molar-refractivity contribution in [2.75, 3.05) is 33.0 Å². The van der Waals surface area contributed by atoms with Crippen molar-refractivity contribution in [2.24, 2.45) is 0 Å². The number of carbonyl (C=O) groups excluding carboxylic acids is 1. The number of ether oxygens (including phenoxy) is 6. The van der Waals surface area contributed by atoms with Crippen LogP contribution in [0.2, 0.25) is 0 Å². The van der Waals surface area contributed by atoms with Crippen molar-refractivity contribution in [3.63, 3.8) is 0 Å². The SMILES string of the molecule is CCCCCCCCCCOCC(COC1OC(COC2OC(CO)C(O)C(O)C2O)C(O)C(O)C1O)OC(C)=O. The fourth-order valence-corrected chi connectivity index (χ4v) is 4.69. The average Bonchev–Trinajstić information content (AvgIpc) is 2.95. The third-order valence-corrected chi connectivity index (χ3v) is 7.17. The third-order valence-electron chi connectivity index (χ3n) is 7.17. The summed E-state index contributed by atoms with van der Waals surface area (Å²) >= 11 is 0. The van der Waals surface area contributed by atoms with Gasteiger partial charge in [0.25, 0.3) is 0 Å². The smallest absolute Gasteiger partial charge is 0.303 e. The van der Waals surface area contributed by atoms with E-state index in [0.29, 0.717) is 6.61 Å². The molecule has 11 unspecified atom stereocenters. The molecule has 11 atom stereocenters. The van der Waals surface area contributed by atoms with E-state index in [-0.39, 0.29) is 13.2 Å². The van der Waals surface area contributed by atoms with Gasteiger partial charge in [0.1, 0.15) is 54.9 Å². The second-order valence-electron chi connectivity index (χ2n) is 10.7. The van der Waals surface area contributed by atoms with Crippen LogP contribution in [0.3, 0.4) is 0 Å². The number of rotatable bonds is 19. The van der Waals surface area contributed by atoms with Crippen molar-refractivity contribution in [1.29, 1.82) is 0 Å². The molecule has 41 heavy (non-hydrogen) atoms. The summed E-state index contributed by atoms with van der Waals surface area (Å²) in [5.74, 6) is -0.555. The molecule has 14 nitrogen and oxygen atoms in total. The Kier molecular flexibility index (Phi) is 17.0. The molecule has 0 aliphatic carbocycles. The molecule has 0 spiro atoms. The summed E-state index contributed by atoms with van der Waals surface area (Å²) in [4.78, 5) is 11.6. The molecule has 2 aliphatic rings. The zero-order valence-electron chi connectivity index (χ0n) is 24.0. The highest BCUT2D eigenvalue weighted by atomic mass is 16.7. The predicted octanol–water partition coefficient (Wildman–Crippen LogP) is -1.28. The van der Waals surface area contributed by atoms with Crippen LogP contribution in [-0.4, -0.2) is 142 Å². The van der Waals surface area contributed by atoms with Crippen molar-refractivity contribution in [3.8, 4) is 0 Å². The highest BCUT2D eigenvalue weighted by Gasteiger charge is 2.47. The Morgan fingerprint density at radius 3 is 1.83 bits per heavy atom. The molecule has 7 N–H and O–H groups in total. The molecule has 242 valence electrons. The quantitative estimate of drug-likeness (QED) is 0.0681. The Morgan fingerprint density at radius 1 is 0.707 bits per heavy atom. The number of esters is 1. The Morgan fingerprint density at radius 2 is 1.24 bits per heavy atom. The molecule has 14 heteroatoms. The lowest BCUT2D eigenvalue weighted by Gasteiger charge is -2.42. The van der Waals surface area contributed by atoms with Crippen molar-refractivity contribution < 1.29 is 69.0 Å². The predicted molar refractivity (Wildman–Crippen MR) is 141 cm³/mol. The first kappa shape index (κ1) is 36.2. The van der Waals surface area contributed by atoms with Crippen molar-refractivity contribution in [2.45, 2.75) is 133 Å². The van der Waals surface area contributed by atoms with Gasteiger partial charge in [-0.2, -0.15) is 0 Å². The summed E-state index contributed by atoms with van der Waals surface area (Å²) < 4.78 is 32.7. The first-order valence-corrected chi connectivity index (χ1v) is 14.6. The maximum Gasteiger partial charge on any atom is 0.303 e. The molecule has 2 rings (SSSR count). The molecule has 0 radical (unpaired) electrons.